The van der Waals surface area contributed by atoms with Crippen LogP contribution in [0.15, 0.2) is 36.4 Å². The first-order valence-electron chi connectivity index (χ1n) is 6.28. The van der Waals surface area contributed by atoms with E-state index in [1.807, 2.05) is 0 Å². The molecule has 1 aromatic heterocycles. The van der Waals surface area contributed by atoms with Gasteiger partial charge in [0.15, 0.2) is 0 Å². The summed E-state index contributed by atoms with van der Waals surface area (Å²) in [6.45, 7) is 0.325. The first-order valence-corrected chi connectivity index (χ1v) is 6.28. The molecule has 0 spiro atoms. The van der Waals surface area contributed by atoms with Crippen LogP contribution in [0.25, 0.3) is 11.3 Å². The predicted octanol–water partition coefficient (Wildman–Crippen LogP) is 3.29. The van der Waals surface area contributed by atoms with Crippen molar-refractivity contribution in [2.75, 3.05) is 6.61 Å². The molecule has 112 valence electrons. The lowest BCUT2D eigenvalue weighted by atomic mass is 10.1. The number of hydrogen-bond donors (Lipinski definition) is 0. The van der Waals surface area contributed by atoms with Crippen molar-refractivity contribution in [2.24, 2.45) is 0 Å². The molecule has 0 N–H and O–H groups in total. The summed E-state index contributed by atoms with van der Waals surface area (Å²) in [5, 5.41) is 3.86. The maximum Gasteiger partial charge on any atom is 0.408 e. The molecule has 0 unspecified atom stereocenters. The zero-order chi connectivity index (χ0) is 15.5. The van der Waals surface area contributed by atoms with E-state index in [9.17, 15) is 18.0 Å². The van der Waals surface area contributed by atoms with Crippen LogP contribution >= 0.6 is 0 Å². The van der Waals surface area contributed by atoms with Gasteiger partial charge in [-0.05, 0) is 13.0 Å². The van der Waals surface area contributed by atoms with Gasteiger partial charge in [-0.2, -0.15) is 18.3 Å². The summed E-state index contributed by atoms with van der Waals surface area (Å²) in [6.07, 6.45) is -4.47. The average molecular weight is 298 g/mol. The zero-order valence-corrected chi connectivity index (χ0v) is 11.2. The van der Waals surface area contributed by atoms with Crippen molar-refractivity contribution in [1.82, 2.24) is 9.78 Å². The quantitative estimate of drug-likeness (QED) is 0.814. The van der Waals surface area contributed by atoms with E-state index in [2.05, 4.69) is 5.10 Å². The van der Waals surface area contributed by atoms with Gasteiger partial charge in [-0.3, -0.25) is 0 Å². The summed E-state index contributed by atoms with van der Waals surface area (Å²) in [7, 11) is 0. The summed E-state index contributed by atoms with van der Waals surface area (Å²) >= 11 is 0. The monoisotopic (exact) mass is 298 g/mol. The first kappa shape index (κ1) is 15.1. The van der Waals surface area contributed by atoms with Crippen LogP contribution in [0.4, 0.5) is 13.2 Å². The van der Waals surface area contributed by atoms with Crippen LogP contribution in [0.5, 0.6) is 0 Å². The topological polar surface area (TPSA) is 44.1 Å². The molecule has 21 heavy (non-hydrogen) atoms. The molecule has 0 bridgehead atoms. The maximum atomic E-state index is 12.6. The van der Waals surface area contributed by atoms with Crippen molar-refractivity contribution in [3.05, 3.63) is 42.1 Å². The number of rotatable bonds is 4. The predicted molar refractivity (Wildman–Crippen MR) is 69.7 cm³/mol. The van der Waals surface area contributed by atoms with E-state index in [1.54, 1.807) is 37.3 Å². The van der Waals surface area contributed by atoms with Gasteiger partial charge in [-0.1, -0.05) is 30.3 Å². The van der Waals surface area contributed by atoms with Gasteiger partial charge in [-0.15, -0.1) is 0 Å². The molecule has 0 aliphatic rings. The molecule has 0 aliphatic carbocycles. The number of carbonyl (C=O) groups is 1. The number of halogens is 3. The Hall–Kier alpha value is -2.31. The van der Waals surface area contributed by atoms with E-state index in [0.29, 0.717) is 15.9 Å². The average Bonchev–Trinajstić information content (AvgIpc) is 2.82. The third kappa shape index (κ3) is 3.84. The van der Waals surface area contributed by atoms with Gasteiger partial charge in [0.2, 0.25) is 0 Å². The first-order chi connectivity index (χ1) is 9.90. The number of aromatic nitrogens is 2. The van der Waals surface area contributed by atoms with Crippen molar-refractivity contribution >= 4 is 5.97 Å². The smallest absolute Gasteiger partial charge is 0.408 e. The second kappa shape index (κ2) is 5.99. The fraction of sp³-hybridized carbons (Fsp3) is 0.286. The second-order valence-corrected chi connectivity index (χ2v) is 4.27. The highest BCUT2D eigenvalue weighted by Gasteiger charge is 2.31. The second-order valence-electron chi connectivity index (χ2n) is 4.27. The minimum atomic E-state index is -4.47. The molecular formula is C14H13F3N2O2. The molecule has 0 amide bonds. The molecule has 1 aromatic carbocycles. The van der Waals surface area contributed by atoms with Crippen LogP contribution in [-0.2, 0) is 11.3 Å². The lowest BCUT2D eigenvalue weighted by molar-refractivity contribution is -0.142. The fourth-order valence-corrected chi connectivity index (χ4v) is 1.83. The van der Waals surface area contributed by atoms with Crippen LogP contribution in [0.1, 0.15) is 17.4 Å². The van der Waals surface area contributed by atoms with Gasteiger partial charge in [0, 0.05) is 5.56 Å². The Morgan fingerprint density at radius 1 is 1.29 bits per heavy atom. The molecule has 2 aromatic rings. The Labute approximate surface area is 119 Å². The Morgan fingerprint density at radius 3 is 2.52 bits per heavy atom. The molecule has 4 nitrogen and oxygen atoms in total. The van der Waals surface area contributed by atoms with Crippen LogP contribution < -0.4 is 0 Å². The summed E-state index contributed by atoms with van der Waals surface area (Å²) in [5.74, 6) is -0.823. The Kier molecular flexibility index (Phi) is 4.30. The lowest BCUT2D eigenvalue weighted by Gasteiger charge is -2.09. The Morgan fingerprint density at radius 2 is 1.95 bits per heavy atom. The number of hydrogen-bond acceptors (Lipinski definition) is 3. The molecule has 0 atom stereocenters. The number of benzene rings is 1. The SMILES string of the molecule is CCOC(=O)c1cc(-c2ccccc2)nn1CC(F)(F)F. The standard InChI is InChI=1S/C14H13F3N2O2/c1-2-21-13(20)12-8-11(10-6-4-3-5-7-10)18-19(12)9-14(15,16)17/h3-8H,2,9H2,1H3. The molecule has 0 saturated heterocycles. The summed E-state index contributed by atoms with van der Waals surface area (Å²) in [4.78, 5) is 11.7. The van der Waals surface area contributed by atoms with Crippen molar-refractivity contribution in [3.63, 3.8) is 0 Å². The van der Waals surface area contributed by atoms with Gasteiger partial charge in [-0.25, -0.2) is 9.48 Å². The molecule has 7 heteroatoms. The van der Waals surface area contributed by atoms with E-state index in [0.717, 1.165) is 0 Å². The van der Waals surface area contributed by atoms with Crippen molar-refractivity contribution < 1.29 is 22.7 Å². The summed E-state index contributed by atoms with van der Waals surface area (Å²) in [6, 6.07) is 9.97. The van der Waals surface area contributed by atoms with Gasteiger partial charge in [0.1, 0.15) is 12.2 Å². The van der Waals surface area contributed by atoms with Crippen molar-refractivity contribution in [3.8, 4) is 11.3 Å². The lowest BCUT2D eigenvalue weighted by Crippen LogP contribution is -2.22. The molecule has 0 aliphatic heterocycles. The van der Waals surface area contributed by atoms with Crippen LogP contribution in [0.3, 0.4) is 0 Å². The molecule has 1 heterocycles. The molecular weight excluding hydrogens is 285 g/mol. The van der Waals surface area contributed by atoms with Gasteiger partial charge >= 0.3 is 12.1 Å². The Balaban J connectivity index is 2.42. The minimum absolute atomic E-state index is 0.0801. The molecule has 0 saturated carbocycles. The van der Waals surface area contributed by atoms with Crippen LogP contribution in [0, 0.1) is 0 Å². The largest absolute Gasteiger partial charge is 0.461 e. The van der Waals surface area contributed by atoms with Gasteiger partial charge < -0.3 is 4.74 Å². The summed E-state index contributed by atoms with van der Waals surface area (Å²) < 4.78 is 43.1. The van der Waals surface area contributed by atoms with Gasteiger partial charge in [0.25, 0.3) is 0 Å². The highest BCUT2D eigenvalue weighted by atomic mass is 19.4. The molecule has 0 fully saturated rings. The van der Waals surface area contributed by atoms with Gasteiger partial charge in [0.05, 0.1) is 12.3 Å². The number of ether oxygens (including phenoxy) is 1. The van der Waals surface area contributed by atoms with E-state index in [4.69, 9.17) is 4.74 Å². The maximum absolute atomic E-state index is 12.6. The van der Waals surface area contributed by atoms with E-state index in [-0.39, 0.29) is 12.3 Å². The zero-order valence-electron chi connectivity index (χ0n) is 11.2. The van der Waals surface area contributed by atoms with Crippen LogP contribution in [0.2, 0.25) is 0 Å². The Bertz CT molecular complexity index is 621. The number of carbonyl (C=O) groups excluding carboxylic acids is 1. The summed E-state index contributed by atoms with van der Waals surface area (Å²) in [5.41, 5.74) is 0.708. The van der Waals surface area contributed by atoms with Crippen LogP contribution in [-0.4, -0.2) is 28.5 Å². The third-order valence-electron chi connectivity index (χ3n) is 2.66. The molecule has 2 rings (SSSR count). The fourth-order valence-electron chi connectivity index (χ4n) is 1.83. The van der Waals surface area contributed by atoms with E-state index < -0.39 is 18.7 Å². The number of alkyl halides is 3. The number of nitrogens with zero attached hydrogens (tertiary/aromatic N) is 2. The third-order valence-corrected chi connectivity index (χ3v) is 2.66. The highest BCUT2D eigenvalue weighted by molar-refractivity contribution is 5.89. The number of esters is 1. The highest BCUT2D eigenvalue weighted by Crippen LogP contribution is 2.23. The van der Waals surface area contributed by atoms with E-state index in [1.165, 1.54) is 6.07 Å². The van der Waals surface area contributed by atoms with Crippen molar-refractivity contribution in [2.45, 2.75) is 19.6 Å². The van der Waals surface area contributed by atoms with E-state index >= 15 is 0 Å². The van der Waals surface area contributed by atoms with Crippen molar-refractivity contribution in [1.29, 1.82) is 0 Å². The normalized spacial score (nSPS) is 11.4. The molecule has 0 radical (unpaired) electrons. The minimum Gasteiger partial charge on any atom is -0.461 e.